The topological polar surface area (TPSA) is 338 Å². The first kappa shape index (κ1) is 35.5. The van der Waals surface area contributed by atoms with Crippen molar-refractivity contribution in [2.75, 3.05) is 13.2 Å². The molecule has 0 saturated carbocycles. The number of aromatic amines is 2. The molecule has 0 spiro atoms. The lowest BCUT2D eigenvalue weighted by atomic mass is 10.1. The summed E-state index contributed by atoms with van der Waals surface area (Å²) in [6, 6.07) is 1.82. The first-order valence-electron chi connectivity index (χ1n) is 12.2. The van der Waals surface area contributed by atoms with E-state index in [1.807, 2.05) is 9.97 Å². The van der Waals surface area contributed by atoms with Crippen LogP contribution in [0, 0.1) is 0 Å². The van der Waals surface area contributed by atoms with Crippen LogP contribution in [0.1, 0.15) is 12.5 Å². The van der Waals surface area contributed by atoms with Gasteiger partial charge in [0.05, 0.1) is 13.2 Å². The first-order valence-corrected chi connectivity index (χ1v) is 16.8. The Morgan fingerprint density at radius 1 is 0.711 bits per heavy atom. The predicted molar refractivity (Wildman–Crippen MR) is 142 cm³/mol. The van der Waals surface area contributed by atoms with Crippen molar-refractivity contribution in [3.8, 4) is 0 Å². The van der Waals surface area contributed by atoms with Crippen LogP contribution in [0.15, 0.2) is 43.7 Å². The van der Waals surface area contributed by atoms with Crippen molar-refractivity contribution in [2.24, 2.45) is 0 Å². The summed E-state index contributed by atoms with van der Waals surface area (Å²) in [5.74, 6) is 0. The van der Waals surface area contributed by atoms with Crippen LogP contribution in [-0.2, 0) is 40.8 Å². The number of H-pyrrole nitrogens is 2. The van der Waals surface area contributed by atoms with Crippen molar-refractivity contribution < 1.29 is 71.1 Å². The molecule has 0 amide bonds. The average Bonchev–Trinajstić information content (AvgIpc) is 3.35. The maximum Gasteiger partial charge on any atom is 0.478 e. The second-order valence-corrected chi connectivity index (χ2v) is 14.1. The first-order chi connectivity index (χ1) is 20.8. The van der Waals surface area contributed by atoms with Crippen molar-refractivity contribution in [3.63, 3.8) is 0 Å². The van der Waals surface area contributed by atoms with Gasteiger partial charge in [-0.2, -0.15) is 0 Å². The molecule has 4 rings (SSSR count). The minimum atomic E-state index is -5.56. The summed E-state index contributed by atoms with van der Waals surface area (Å²) >= 11 is 0. The molecule has 27 heteroatoms. The second kappa shape index (κ2) is 13.4. The maximum atomic E-state index is 12.4. The number of phosphoric ester groups is 2. The van der Waals surface area contributed by atoms with Crippen LogP contribution in [0.25, 0.3) is 0 Å². The number of aliphatic hydroxyl groups is 4. The van der Waals surface area contributed by atoms with Gasteiger partial charge < -0.3 is 39.7 Å². The standard InChI is InChI=1S/C18H24BN4O19P3/c19-43(32,41-44(33,34)37-5-7-11(26)13(28)15(39-7)22-3-1-9(24)20-17(22)30)42-45(35,36)38-6-8-12(27)14(29)16(40-8)23-4-2-10(25)21-18(23)31/h1-4,7-8,11-16,26-29H,5-6H2,(H,33,34)(H,35,36)(H,20,24,30)(H,21,25,31). The summed E-state index contributed by atoms with van der Waals surface area (Å²) in [4.78, 5) is 70.0. The summed E-state index contributed by atoms with van der Waals surface area (Å²) in [6.07, 6.45) is -11.8. The Labute approximate surface area is 249 Å². The molecular weight excluding hydrogens is 680 g/mol. The Hall–Kier alpha value is -2.37. The van der Waals surface area contributed by atoms with Crippen LogP contribution in [0.3, 0.4) is 0 Å². The molecule has 10 unspecified atom stereocenters. The lowest BCUT2D eigenvalue weighted by molar-refractivity contribution is -0.0545. The molecule has 2 fully saturated rings. The minimum Gasteiger partial charge on any atom is -0.387 e. The predicted octanol–water partition coefficient (Wildman–Crippen LogP) is -4.13. The molecule has 2 saturated heterocycles. The van der Waals surface area contributed by atoms with Crippen LogP contribution in [0.4, 0.5) is 0 Å². The van der Waals surface area contributed by atoms with Crippen LogP contribution in [-0.4, -0.2) is 107 Å². The van der Waals surface area contributed by atoms with E-state index >= 15 is 0 Å². The second-order valence-electron chi connectivity index (χ2n) is 9.36. The van der Waals surface area contributed by atoms with Gasteiger partial charge in [0.15, 0.2) is 12.5 Å². The van der Waals surface area contributed by atoms with E-state index in [1.54, 1.807) is 0 Å². The average molecular weight is 704 g/mol. The number of ether oxygens (including phenoxy) is 2. The number of hydrogen-bond acceptors (Lipinski definition) is 17. The number of nitrogens with zero attached hydrogens (tertiary/aromatic N) is 2. The quantitative estimate of drug-likeness (QED) is 0.0768. The fourth-order valence-electron chi connectivity index (χ4n) is 4.13. The van der Waals surface area contributed by atoms with E-state index in [0.29, 0.717) is 9.13 Å². The van der Waals surface area contributed by atoms with E-state index in [1.165, 1.54) is 0 Å². The zero-order valence-electron chi connectivity index (χ0n) is 22.1. The minimum absolute atomic E-state index is 0.699. The molecule has 10 atom stereocenters. The molecule has 45 heavy (non-hydrogen) atoms. The van der Waals surface area contributed by atoms with Crippen molar-refractivity contribution >= 4 is 30.7 Å². The van der Waals surface area contributed by atoms with Gasteiger partial charge in [-0.3, -0.25) is 42.3 Å². The molecule has 0 aliphatic carbocycles. The van der Waals surface area contributed by atoms with E-state index in [9.17, 15) is 63.1 Å². The number of aliphatic hydroxyl groups excluding tert-OH is 4. The van der Waals surface area contributed by atoms with Crippen LogP contribution in [0.5, 0.6) is 0 Å². The van der Waals surface area contributed by atoms with Crippen molar-refractivity contribution in [2.45, 2.75) is 49.1 Å². The third-order valence-corrected chi connectivity index (χ3v) is 10.6. The molecule has 0 aromatic carbocycles. The smallest absolute Gasteiger partial charge is 0.387 e. The van der Waals surface area contributed by atoms with E-state index in [0.717, 1.165) is 24.5 Å². The Kier molecular flexibility index (Phi) is 10.6. The highest BCUT2D eigenvalue weighted by molar-refractivity contribution is 7.86. The van der Waals surface area contributed by atoms with E-state index in [2.05, 4.69) is 17.7 Å². The summed E-state index contributed by atoms with van der Waals surface area (Å²) in [6.45, 7) is -2.15. The van der Waals surface area contributed by atoms with Crippen molar-refractivity contribution in [1.29, 1.82) is 0 Å². The zero-order chi connectivity index (χ0) is 33.5. The molecule has 0 bridgehead atoms. The lowest BCUT2D eigenvalue weighted by Gasteiger charge is -2.22. The van der Waals surface area contributed by atoms with Gasteiger partial charge in [0.2, 0.25) is 7.57 Å². The van der Waals surface area contributed by atoms with Gasteiger partial charge in [0.25, 0.3) is 18.6 Å². The van der Waals surface area contributed by atoms with Gasteiger partial charge in [-0.15, -0.1) is 0 Å². The molecule has 2 aliphatic rings. The Morgan fingerprint density at radius 2 is 1.07 bits per heavy atom. The largest absolute Gasteiger partial charge is 0.478 e. The number of rotatable bonds is 12. The van der Waals surface area contributed by atoms with Crippen molar-refractivity contribution in [3.05, 3.63) is 66.2 Å². The van der Waals surface area contributed by atoms with Crippen LogP contribution in [0.2, 0.25) is 0 Å². The third kappa shape index (κ3) is 8.52. The van der Waals surface area contributed by atoms with Crippen LogP contribution < -0.4 is 22.5 Å². The van der Waals surface area contributed by atoms with Gasteiger partial charge >= 0.3 is 27.0 Å². The van der Waals surface area contributed by atoms with Crippen molar-refractivity contribution in [1.82, 2.24) is 19.1 Å². The molecule has 248 valence electrons. The fourth-order valence-corrected chi connectivity index (χ4v) is 7.87. The van der Waals surface area contributed by atoms with Gasteiger partial charge in [-0.05, 0) is 0 Å². The van der Waals surface area contributed by atoms with Gasteiger partial charge in [0, 0.05) is 24.5 Å². The molecule has 8 N–H and O–H groups in total. The Bertz CT molecular complexity index is 1650. The zero-order valence-corrected chi connectivity index (χ0v) is 24.8. The van der Waals surface area contributed by atoms with Gasteiger partial charge in [0.1, 0.15) is 36.6 Å². The number of nitrogens with one attached hydrogen (secondary N) is 2. The normalized spacial score (nSPS) is 32.5. The fraction of sp³-hybridized carbons (Fsp3) is 0.556. The summed E-state index contributed by atoms with van der Waals surface area (Å²) < 4.78 is 66.3. The maximum absolute atomic E-state index is 12.4. The third-order valence-electron chi connectivity index (χ3n) is 6.16. The molecule has 2 aromatic rings. The van der Waals surface area contributed by atoms with Gasteiger partial charge in [-0.25, -0.2) is 27.3 Å². The molecular formula is C18H24BN4O19P3. The number of hydrogen-bond donors (Lipinski definition) is 8. The molecule has 23 nitrogen and oxygen atoms in total. The highest BCUT2D eigenvalue weighted by Crippen LogP contribution is 2.67. The van der Waals surface area contributed by atoms with Gasteiger partial charge in [-0.1, -0.05) is 0 Å². The summed E-state index contributed by atoms with van der Waals surface area (Å²) in [7, 11) is -11.5. The highest BCUT2D eigenvalue weighted by Gasteiger charge is 2.48. The molecule has 2 aliphatic heterocycles. The highest BCUT2D eigenvalue weighted by atomic mass is 31.3. The van der Waals surface area contributed by atoms with E-state index in [-0.39, 0.29) is 0 Å². The molecule has 2 radical (unpaired) electrons. The lowest BCUT2D eigenvalue weighted by Crippen LogP contribution is -2.37. The van der Waals surface area contributed by atoms with Crippen LogP contribution >= 0.6 is 23.1 Å². The molecule has 2 aromatic heterocycles. The Balaban J connectivity index is 1.31. The van der Waals surface area contributed by atoms with E-state index in [4.69, 9.17) is 17.0 Å². The summed E-state index contributed by atoms with van der Waals surface area (Å²) in [5.41, 5.74) is -3.59. The molecule has 4 heterocycles. The summed E-state index contributed by atoms with van der Waals surface area (Å²) in [5, 5.41) is 40.8. The number of aromatic nitrogens is 4. The number of phosphoric acid groups is 2. The Morgan fingerprint density at radius 3 is 1.40 bits per heavy atom. The SMILES string of the molecule is [B]P(=O)(OP(=O)(O)OCC1OC(n2ccc(=O)[nH]c2=O)C(O)C1O)OP(=O)(O)OCC1OC(n2ccc(=O)[nH]c2=O)C(O)C1O. The monoisotopic (exact) mass is 704 g/mol. The van der Waals surface area contributed by atoms with E-state index < -0.39 is 108 Å².